The van der Waals surface area contributed by atoms with E-state index in [1.165, 1.54) is 4.68 Å². The standard InChI is InChI=1S/C12H10BrClN2O2/c1-6-5-8(13)3-4-9(6)16-11(14)10(12(17)18)7(2)15-16/h3-5H,1-2H3,(H,17,18). The lowest BCUT2D eigenvalue weighted by atomic mass is 10.2. The van der Waals surface area contributed by atoms with E-state index in [0.29, 0.717) is 5.69 Å². The molecule has 0 amide bonds. The van der Waals surface area contributed by atoms with Crippen LogP contribution in [0.15, 0.2) is 22.7 Å². The van der Waals surface area contributed by atoms with Gasteiger partial charge in [-0.3, -0.25) is 0 Å². The Bertz CT molecular complexity index is 637. The molecule has 0 aliphatic carbocycles. The number of aryl methyl sites for hydroxylation is 2. The SMILES string of the molecule is Cc1cc(Br)ccc1-n1nc(C)c(C(=O)O)c1Cl. The summed E-state index contributed by atoms with van der Waals surface area (Å²) in [5.41, 5.74) is 2.15. The summed E-state index contributed by atoms with van der Waals surface area (Å²) in [4.78, 5) is 11.1. The van der Waals surface area contributed by atoms with Crippen molar-refractivity contribution in [3.05, 3.63) is 44.6 Å². The molecular formula is C12H10BrClN2O2. The number of benzene rings is 1. The predicted octanol–water partition coefficient (Wildman–Crippen LogP) is 3.60. The summed E-state index contributed by atoms with van der Waals surface area (Å²) in [6, 6.07) is 5.61. The van der Waals surface area contributed by atoms with Crippen LogP contribution in [-0.2, 0) is 0 Å². The number of carboxylic acid groups (broad SMARTS) is 1. The molecule has 1 N–H and O–H groups in total. The number of aromatic carboxylic acids is 1. The van der Waals surface area contributed by atoms with Crippen LogP contribution in [0.2, 0.25) is 5.15 Å². The normalized spacial score (nSPS) is 10.7. The highest BCUT2D eigenvalue weighted by Gasteiger charge is 2.20. The minimum absolute atomic E-state index is 0.0407. The molecule has 0 saturated carbocycles. The number of nitrogens with zero attached hydrogens (tertiary/aromatic N) is 2. The summed E-state index contributed by atoms with van der Waals surface area (Å²) in [6.07, 6.45) is 0. The molecular weight excluding hydrogens is 320 g/mol. The van der Waals surface area contributed by atoms with E-state index >= 15 is 0 Å². The Kier molecular flexibility index (Phi) is 3.45. The second-order valence-electron chi connectivity index (χ2n) is 3.90. The summed E-state index contributed by atoms with van der Waals surface area (Å²) in [5, 5.41) is 13.4. The molecule has 0 aliphatic rings. The number of carbonyl (C=O) groups is 1. The van der Waals surface area contributed by atoms with Crippen LogP contribution in [-0.4, -0.2) is 20.9 Å². The number of hydrogen-bond acceptors (Lipinski definition) is 2. The largest absolute Gasteiger partial charge is 0.478 e. The quantitative estimate of drug-likeness (QED) is 0.916. The molecule has 1 aromatic heterocycles. The summed E-state index contributed by atoms with van der Waals surface area (Å²) < 4.78 is 2.39. The van der Waals surface area contributed by atoms with Crippen LogP contribution in [0.5, 0.6) is 0 Å². The van der Waals surface area contributed by atoms with E-state index in [2.05, 4.69) is 21.0 Å². The van der Waals surface area contributed by atoms with Crippen molar-refractivity contribution in [2.45, 2.75) is 13.8 Å². The third-order valence-corrected chi connectivity index (χ3v) is 3.45. The van der Waals surface area contributed by atoms with Gasteiger partial charge in [-0.1, -0.05) is 27.5 Å². The maximum atomic E-state index is 11.1. The van der Waals surface area contributed by atoms with Crippen molar-refractivity contribution in [3.8, 4) is 5.69 Å². The number of hydrogen-bond donors (Lipinski definition) is 1. The molecule has 2 aromatic rings. The highest BCUT2D eigenvalue weighted by Crippen LogP contribution is 2.26. The zero-order valence-electron chi connectivity index (χ0n) is 9.74. The molecule has 4 nitrogen and oxygen atoms in total. The van der Waals surface area contributed by atoms with E-state index in [1.54, 1.807) is 6.92 Å². The van der Waals surface area contributed by atoms with Gasteiger partial charge in [0.1, 0.15) is 10.7 Å². The van der Waals surface area contributed by atoms with Crippen LogP contribution in [0.25, 0.3) is 5.69 Å². The average molecular weight is 330 g/mol. The topological polar surface area (TPSA) is 55.1 Å². The highest BCUT2D eigenvalue weighted by molar-refractivity contribution is 9.10. The number of rotatable bonds is 2. The van der Waals surface area contributed by atoms with Crippen LogP contribution < -0.4 is 0 Å². The van der Waals surface area contributed by atoms with Crippen LogP contribution in [0, 0.1) is 13.8 Å². The molecule has 2 rings (SSSR count). The van der Waals surface area contributed by atoms with Crippen molar-refractivity contribution in [3.63, 3.8) is 0 Å². The van der Waals surface area contributed by atoms with Crippen molar-refractivity contribution in [2.24, 2.45) is 0 Å². The van der Waals surface area contributed by atoms with E-state index < -0.39 is 5.97 Å². The molecule has 0 radical (unpaired) electrons. The van der Waals surface area contributed by atoms with E-state index in [1.807, 2.05) is 25.1 Å². The first kappa shape index (κ1) is 13.1. The van der Waals surface area contributed by atoms with Gasteiger partial charge in [-0.05, 0) is 37.6 Å². The van der Waals surface area contributed by atoms with E-state index in [0.717, 1.165) is 15.7 Å². The molecule has 0 bridgehead atoms. The van der Waals surface area contributed by atoms with Gasteiger partial charge in [-0.15, -0.1) is 0 Å². The lowest BCUT2D eigenvalue weighted by molar-refractivity contribution is 0.0696. The van der Waals surface area contributed by atoms with Crippen molar-refractivity contribution < 1.29 is 9.90 Å². The number of carboxylic acids is 1. The molecule has 94 valence electrons. The Balaban J connectivity index is 2.65. The van der Waals surface area contributed by atoms with Gasteiger partial charge in [-0.25, -0.2) is 9.48 Å². The van der Waals surface area contributed by atoms with Crippen LogP contribution in [0.4, 0.5) is 0 Å². The minimum atomic E-state index is -1.07. The molecule has 0 fully saturated rings. The zero-order valence-corrected chi connectivity index (χ0v) is 12.1. The molecule has 0 aliphatic heterocycles. The van der Waals surface area contributed by atoms with Crippen LogP contribution in [0.1, 0.15) is 21.6 Å². The summed E-state index contributed by atoms with van der Waals surface area (Å²) >= 11 is 9.45. The van der Waals surface area contributed by atoms with Crippen LogP contribution in [0.3, 0.4) is 0 Å². The highest BCUT2D eigenvalue weighted by atomic mass is 79.9. The summed E-state index contributed by atoms with van der Waals surface area (Å²) in [6.45, 7) is 3.54. The van der Waals surface area contributed by atoms with Gasteiger partial charge >= 0.3 is 5.97 Å². The Morgan fingerprint density at radius 3 is 2.61 bits per heavy atom. The molecule has 6 heteroatoms. The van der Waals surface area contributed by atoms with Gasteiger partial charge in [0.25, 0.3) is 0 Å². The van der Waals surface area contributed by atoms with Gasteiger partial charge in [0.2, 0.25) is 0 Å². The third-order valence-electron chi connectivity index (χ3n) is 2.60. The van der Waals surface area contributed by atoms with Crippen LogP contribution >= 0.6 is 27.5 Å². The van der Waals surface area contributed by atoms with Gasteiger partial charge < -0.3 is 5.11 Å². The summed E-state index contributed by atoms with van der Waals surface area (Å²) in [7, 11) is 0. The molecule has 18 heavy (non-hydrogen) atoms. The van der Waals surface area contributed by atoms with E-state index in [9.17, 15) is 4.79 Å². The van der Waals surface area contributed by atoms with E-state index in [4.69, 9.17) is 16.7 Å². The summed E-state index contributed by atoms with van der Waals surface area (Å²) in [5.74, 6) is -1.07. The zero-order chi connectivity index (χ0) is 13.4. The fourth-order valence-electron chi connectivity index (χ4n) is 1.76. The van der Waals surface area contributed by atoms with Gasteiger partial charge in [0.05, 0.1) is 11.4 Å². The molecule has 0 saturated heterocycles. The molecule has 1 aromatic carbocycles. The Morgan fingerprint density at radius 2 is 2.11 bits per heavy atom. The van der Waals surface area contributed by atoms with E-state index in [-0.39, 0.29) is 10.7 Å². The minimum Gasteiger partial charge on any atom is -0.478 e. The molecule has 0 unspecified atom stereocenters. The average Bonchev–Trinajstić information content (AvgIpc) is 2.54. The maximum absolute atomic E-state index is 11.1. The lowest BCUT2D eigenvalue weighted by Gasteiger charge is -2.07. The first-order chi connectivity index (χ1) is 8.41. The first-order valence-electron chi connectivity index (χ1n) is 5.16. The van der Waals surface area contributed by atoms with Gasteiger partial charge in [-0.2, -0.15) is 5.10 Å². The lowest BCUT2D eigenvalue weighted by Crippen LogP contribution is -2.01. The van der Waals surface area contributed by atoms with Gasteiger partial charge in [0, 0.05) is 4.47 Å². The Labute approximate surface area is 117 Å². The van der Waals surface area contributed by atoms with Crippen molar-refractivity contribution in [1.82, 2.24) is 9.78 Å². The van der Waals surface area contributed by atoms with Crippen molar-refractivity contribution in [1.29, 1.82) is 0 Å². The molecule has 1 heterocycles. The number of halogens is 2. The molecule has 0 spiro atoms. The van der Waals surface area contributed by atoms with Crippen molar-refractivity contribution >= 4 is 33.5 Å². The maximum Gasteiger partial charge on any atom is 0.340 e. The van der Waals surface area contributed by atoms with Gasteiger partial charge in [0.15, 0.2) is 0 Å². The molecule has 0 atom stereocenters. The number of aromatic nitrogens is 2. The Hall–Kier alpha value is -1.33. The fourth-order valence-corrected chi connectivity index (χ4v) is 2.58. The third kappa shape index (κ3) is 2.15. The Morgan fingerprint density at radius 1 is 1.44 bits per heavy atom. The second-order valence-corrected chi connectivity index (χ2v) is 5.17. The van der Waals surface area contributed by atoms with Crippen molar-refractivity contribution in [2.75, 3.05) is 0 Å². The second kappa shape index (κ2) is 4.74. The monoisotopic (exact) mass is 328 g/mol. The smallest absolute Gasteiger partial charge is 0.340 e. The predicted molar refractivity (Wildman–Crippen MR) is 72.7 cm³/mol. The first-order valence-corrected chi connectivity index (χ1v) is 6.34. The fraction of sp³-hybridized carbons (Fsp3) is 0.167.